The Morgan fingerprint density at radius 1 is 1.28 bits per heavy atom. The minimum Gasteiger partial charge on any atom is -0.282 e. The number of amides is 2. The maximum absolute atomic E-state index is 11.7. The molecule has 0 unspecified atom stereocenters. The molecule has 0 bridgehead atoms. The number of nitrogens with one attached hydrogen (secondary N) is 1. The summed E-state index contributed by atoms with van der Waals surface area (Å²) in [4.78, 5) is 24.7. The number of halogens is 1. The summed E-state index contributed by atoms with van der Waals surface area (Å²) in [5.74, 6) is 0.672. The summed E-state index contributed by atoms with van der Waals surface area (Å²) in [6.45, 7) is 0. The molecule has 0 saturated carbocycles. The Balaban J connectivity index is 2.14. The molecule has 1 aromatic rings. The number of allylic oxidation sites excluding steroid dienone is 1. The van der Waals surface area contributed by atoms with Crippen molar-refractivity contribution in [3.8, 4) is 0 Å². The Hall–Kier alpha value is -0.720. The first-order valence-corrected chi connectivity index (χ1v) is 7.93. The molecular formula is C12H8BrNO2S2. The molecular weight excluding hydrogens is 334 g/mol. The van der Waals surface area contributed by atoms with Gasteiger partial charge in [-0.3, -0.25) is 14.9 Å². The van der Waals surface area contributed by atoms with Crippen LogP contribution in [0.15, 0.2) is 32.5 Å². The second-order valence-corrected chi connectivity index (χ2v) is 6.93. The molecule has 18 heavy (non-hydrogen) atoms. The SMILES string of the molecule is O=C1NC(=O)C(=C2CCSc3cc(Br)ccc32)S1. The lowest BCUT2D eigenvalue weighted by Crippen LogP contribution is -2.18. The van der Waals surface area contributed by atoms with E-state index in [1.165, 1.54) is 0 Å². The molecule has 2 aliphatic heterocycles. The highest BCUT2D eigenvalue weighted by Gasteiger charge is 2.30. The Kier molecular flexibility index (Phi) is 3.25. The monoisotopic (exact) mass is 341 g/mol. The summed E-state index contributed by atoms with van der Waals surface area (Å²) < 4.78 is 1.03. The first-order valence-electron chi connectivity index (χ1n) is 5.34. The third-order valence-corrected chi connectivity index (χ3v) is 5.24. The number of carbonyl (C=O) groups excluding carboxylic acids is 2. The zero-order valence-electron chi connectivity index (χ0n) is 9.16. The van der Waals surface area contributed by atoms with E-state index in [0.717, 1.165) is 44.4 Å². The molecule has 92 valence electrons. The van der Waals surface area contributed by atoms with Crippen LogP contribution in [0, 0.1) is 0 Å². The number of imide groups is 1. The van der Waals surface area contributed by atoms with Gasteiger partial charge in [0.05, 0.1) is 4.91 Å². The third-order valence-electron chi connectivity index (χ3n) is 2.77. The maximum atomic E-state index is 11.7. The fraction of sp³-hybridized carbons (Fsp3) is 0.167. The van der Waals surface area contributed by atoms with E-state index in [1.807, 2.05) is 12.1 Å². The number of fused-ring (bicyclic) bond motifs is 1. The summed E-state index contributed by atoms with van der Waals surface area (Å²) in [5, 5.41) is 2.04. The van der Waals surface area contributed by atoms with Gasteiger partial charge in [-0.25, -0.2) is 0 Å². The van der Waals surface area contributed by atoms with Crippen molar-refractivity contribution in [2.75, 3.05) is 5.75 Å². The van der Waals surface area contributed by atoms with Crippen LogP contribution in [0.3, 0.4) is 0 Å². The van der Waals surface area contributed by atoms with Crippen molar-refractivity contribution in [2.45, 2.75) is 11.3 Å². The highest BCUT2D eigenvalue weighted by Crippen LogP contribution is 2.43. The first-order chi connectivity index (χ1) is 8.65. The van der Waals surface area contributed by atoms with Crippen LogP contribution >= 0.6 is 39.5 Å². The minimum absolute atomic E-state index is 0.263. The molecule has 0 aromatic heterocycles. The van der Waals surface area contributed by atoms with Crippen molar-refractivity contribution in [3.63, 3.8) is 0 Å². The second kappa shape index (κ2) is 4.75. The summed E-state index contributed by atoms with van der Waals surface area (Å²) in [6.07, 6.45) is 0.822. The van der Waals surface area contributed by atoms with Gasteiger partial charge in [0, 0.05) is 15.1 Å². The summed E-state index contributed by atoms with van der Waals surface area (Å²) in [7, 11) is 0. The van der Waals surface area contributed by atoms with Gasteiger partial charge in [0.25, 0.3) is 11.1 Å². The van der Waals surface area contributed by atoms with Crippen LogP contribution in [-0.2, 0) is 4.79 Å². The van der Waals surface area contributed by atoms with Gasteiger partial charge in [-0.05, 0) is 41.5 Å². The molecule has 3 nitrogen and oxygen atoms in total. The summed E-state index contributed by atoms with van der Waals surface area (Å²) in [5.41, 5.74) is 2.06. The van der Waals surface area contributed by atoms with Crippen molar-refractivity contribution in [1.29, 1.82) is 0 Å². The van der Waals surface area contributed by atoms with Crippen molar-refractivity contribution in [1.82, 2.24) is 5.32 Å². The van der Waals surface area contributed by atoms with E-state index in [1.54, 1.807) is 11.8 Å². The second-order valence-electron chi connectivity index (χ2n) is 3.89. The minimum atomic E-state index is -0.278. The van der Waals surface area contributed by atoms with Crippen molar-refractivity contribution in [2.24, 2.45) is 0 Å². The van der Waals surface area contributed by atoms with Crippen LogP contribution in [0.4, 0.5) is 4.79 Å². The Labute approximate surface area is 121 Å². The molecule has 1 saturated heterocycles. The van der Waals surface area contributed by atoms with Gasteiger partial charge in [0.2, 0.25) is 0 Å². The molecule has 0 aliphatic carbocycles. The normalized spacial score (nSPS) is 22.9. The lowest BCUT2D eigenvalue weighted by atomic mass is 10.0. The van der Waals surface area contributed by atoms with Crippen LogP contribution in [0.2, 0.25) is 0 Å². The fourth-order valence-electron chi connectivity index (χ4n) is 2.01. The van der Waals surface area contributed by atoms with Crippen LogP contribution in [0.25, 0.3) is 5.57 Å². The number of thioether (sulfide) groups is 2. The van der Waals surface area contributed by atoms with E-state index < -0.39 is 0 Å². The van der Waals surface area contributed by atoms with E-state index in [0.29, 0.717) is 4.91 Å². The summed E-state index contributed by atoms with van der Waals surface area (Å²) >= 11 is 6.23. The van der Waals surface area contributed by atoms with Crippen molar-refractivity contribution >= 4 is 56.2 Å². The standard InChI is InChI=1S/C12H8BrNO2S2/c13-6-1-2-7-8(3-4-17-9(7)5-6)10-11(15)14-12(16)18-10/h1-2,5H,3-4H2,(H,14,15,16). The third kappa shape index (κ3) is 2.13. The van der Waals surface area contributed by atoms with Crippen LogP contribution < -0.4 is 5.32 Å². The Bertz CT molecular complexity index is 598. The molecule has 2 aliphatic rings. The topological polar surface area (TPSA) is 46.2 Å². The highest BCUT2D eigenvalue weighted by molar-refractivity contribution is 9.10. The highest BCUT2D eigenvalue weighted by atomic mass is 79.9. The lowest BCUT2D eigenvalue weighted by Gasteiger charge is -2.19. The number of hydrogen-bond donors (Lipinski definition) is 1. The van der Waals surface area contributed by atoms with E-state index in [4.69, 9.17) is 0 Å². The van der Waals surface area contributed by atoms with Gasteiger partial charge in [0.15, 0.2) is 0 Å². The Morgan fingerprint density at radius 3 is 2.83 bits per heavy atom. The predicted octanol–water partition coefficient (Wildman–Crippen LogP) is 3.64. The largest absolute Gasteiger partial charge is 0.290 e. The number of rotatable bonds is 0. The smallest absolute Gasteiger partial charge is 0.282 e. The van der Waals surface area contributed by atoms with Gasteiger partial charge in [-0.2, -0.15) is 0 Å². The van der Waals surface area contributed by atoms with Gasteiger partial charge in [-0.1, -0.05) is 22.0 Å². The first kappa shape index (κ1) is 12.3. The van der Waals surface area contributed by atoms with Crippen molar-refractivity contribution in [3.05, 3.63) is 33.1 Å². The number of carbonyl (C=O) groups is 2. The zero-order valence-corrected chi connectivity index (χ0v) is 12.4. The van der Waals surface area contributed by atoms with E-state index in [2.05, 4.69) is 27.3 Å². The average Bonchev–Trinajstić information content (AvgIpc) is 2.67. The predicted molar refractivity (Wildman–Crippen MR) is 77.5 cm³/mol. The van der Waals surface area contributed by atoms with Crippen LogP contribution in [-0.4, -0.2) is 16.9 Å². The molecule has 0 radical (unpaired) electrons. The fourth-order valence-corrected chi connectivity index (χ4v) is 4.41. The molecule has 2 amide bonds. The van der Waals surface area contributed by atoms with E-state index >= 15 is 0 Å². The number of benzene rings is 1. The molecule has 1 fully saturated rings. The van der Waals surface area contributed by atoms with Crippen molar-refractivity contribution < 1.29 is 9.59 Å². The lowest BCUT2D eigenvalue weighted by molar-refractivity contribution is -0.115. The van der Waals surface area contributed by atoms with Gasteiger partial charge >= 0.3 is 0 Å². The number of hydrogen-bond acceptors (Lipinski definition) is 4. The molecule has 2 heterocycles. The zero-order chi connectivity index (χ0) is 12.7. The van der Waals surface area contributed by atoms with E-state index in [9.17, 15) is 9.59 Å². The molecule has 1 aromatic carbocycles. The molecule has 1 N–H and O–H groups in total. The molecule has 3 rings (SSSR count). The summed E-state index contributed by atoms with van der Waals surface area (Å²) in [6, 6.07) is 6.02. The quantitative estimate of drug-likeness (QED) is 0.732. The van der Waals surface area contributed by atoms with Gasteiger partial charge in [0.1, 0.15) is 0 Å². The van der Waals surface area contributed by atoms with Crippen LogP contribution in [0.1, 0.15) is 12.0 Å². The maximum Gasteiger partial charge on any atom is 0.290 e. The Morgan fingerprint density at radius 2 is 2.11 bits per heavy atom. The van der Waals surface area contributed by atoms with Gasteiger partial charge < -0.3 is 0 Å². The van der Waals surface area contributed by atoms with Crippen LogP contribution in [0.5, 0.6) is 0 Å². The van der Waals surface area contributed by atoms with E-state index in [-0.39, 0.29) is 11.1 Å². The molecule has 0 spiro atoms. The molecule has 0 atom stereocenters. The molecule has 6 heteroatoms. The average molecular weight is 342 g/mol. The van der Waals surface area contributed by atoms with Gasteiger partial charge in [-0.15, -0.1) is 11.8 Å².